The number of benzene rings is 1. The topological polar surface area (TPSA) is 26.3 Å². The van der Waals surface area contributed by atoms with E-state index in [4.69, 9.17) is 4.74 Å². The second-order valence-corrected chi connectivity index (χ2v) is 3.98. The van der Waals surface area contributed by atoms with Crippen molar-refractivity contribution >= 4 is 5.97 Å². The first kappa shape index (κ1) is 12.6. The summed E-state index contributed by atoms with van der Waals surface area (Å²) in [7, 11) is 0. The summed E-state index contributed by atoms with van der Waals surface area (Å²) in [4.78, 5) is 10.9. The molecule has 0 saturated heterocycles. The maximum absolute atomic E-state index is 13.0. The Morgan fingerprint density at radius 3 is 2.06 bits per heavy atom. The third-order valence-electron chi connectivity index (χ3n) is 2.11. The molecule has 1 rings (SSSR count). The molecule has 0 aliphatic rings. The Bertz CT molecular complexity index is 368. The van der Waals surface area contributed by atoms with Crippen molar-refractivity contribution in [3.05, 3.63) is 35.4 Å². The Balaban J connectivity index is 3.05. The van der Waals surface area contributed by atoms with Crippen molar-refractivity contribution in [1.82, 2.24) is 0 Å². The van der Waals surface area contributed by atoms with E-state index in [1.807, 2.05) is 13.8 Å². The molecule has 1 aromatic rings. The van der Waals surface area contributed by atoms with Gasteiger partial charge in [-0.25, -0.2) is 8.78 Å². The van der Waals surface area contributed by atoms with Gasteiger partial charge < -0.3 is 4.74 Å². The summed E-state index contributed by atoms with van der Waals surface area (Å²) in [5.74, 6) is -1.87. The summed E-state index contributed by atoms with van der Waals surface area (Å²) >= 11 is 0. The minimum atomic E-state index is -0.673. The molecule has 16 heavy (non-hydrogen) atoms. The first-order chi connectivity index (χ1) is 7.40. The lowest BCUT2D eigenvalue weighted by molar-refractivity contribution is -0.149. The summed E-state index contributed by atoms with van der Waals surface area (Å²) in [6.07, 6.45) is -0.623. The molecule has 2 nitrogen and oxygen atoms in total. The van der Waals surface area contributed by atoms with Crippen LogP contribution in [0.2, 0.25) is 0 Å². The SMILES string of the molecule is CC(=O)OC(c1cc(F)cc(F)c1)C(C)C. The van der Waals surface area contributed by atoms with E-state index >= 15 is 0 Å². The Morgan fingerprint density at radius 2 is 1.69 bits per heavy atom. The first-order valence-corrected chi connectivity index (χ1v) is 5.03. The van der Waals surface area contributed by atoms with Crippen molar-refractivity contribution in [1.29, 1.82) is 0 Å². The number of carbonyl (C=O) groups excluding carboxylic acids is 1. The molecule has 0 saturated carbocycles. The zero-order valence-electron chi connectivity index (χ0n) is 9.46. The zero-order valence-corrected chi connectivity index (χ0v) is 9.46. The largest absolute Gasteiger partial charge is 0.457 e. The third-order valence-corrected chi connectivity index (χ3v) is 2.11. The molecule has 88 valence electrons. The Kier molecular flexibility index (Phi) is 3.99. The Hall–Kier alpha value is -1.45. The van der Waals surface area contributed by atoms with Gasteiger partial charge in [0.15, 0.2) is 0 Å². The van der Waals surface area contributed by atoms with Crippen molar-refractivity contribution in [3.8, 4) is 0 Å². The Labute approximate surface area is 93.2 Å². The van der Waals surface area contributed by atoms with Crippen LogP contribution in [-0.4, -0.2) is 5.97 Å². The van der Waals surface area contributed by atoms with Crippen molar-refractivity contribution in [2.75, 3.05) is 0 Å². The predicted molar refractivity (Wildman–Crippen MR) is 55.7 cm³/mol. The Morgan fingerprint density at radius 1 is 1.19 bits per heavy atom. The van der Waals surface area contributed by atoms with Crippen LogP contribution < -0.4 is 0 Å². The van der Waals surface area contributed by atoms with Gasteiger partial charge in [0.1, 0.15) is 17.7 Å². The van der Waals surface area contributed by atoms with Crippen molar-refractivity contribution in [2.45, 2.75) is 26.9 Å². The van der Waals surface area contributed by atoms with Crippen LogP contribution in [-0.2, 0) is 9.53 Å². The molecule has 0 aromatic heterocycles. The number of halogens is 2. The molecule has 4 heteroatoms. The van der Waals surface area contributed by atoms with Gasteiger partial charge in [-0.1, -0.05) is 13.8 Å². The van der Waals surface area contributed by atoms with Gasteiger partial charge >= 0.3 is 5.97 Å². The highest BCUT2D eigenvalue weighted by Crippen LogP contribution is 2.27. The van der Waals surface area contributed by atoms with Crippen LogP contribution in [0, 0.1) is 17.6 Å². The van der Waals surface area contributed by atoms with E-state index in [9.17, 15) is 13.6 Å². The molecule has 0 heterocycles. The van der Waals surface area contributed by atoms with Gasteiger partial charge in [0.2, 0.25) is 0 Å². The van der Waals surface area contributed by atoms with Gasteiger partial charge in [-0.2, -0.15) is 0 Å². The van der Waals surface area contributed by atoms with Crippen LogP contribution in [0.3, 0.4) is 0 Å². The molecule has 0 radical (unpaired) electrons. The molecule has 1 aromatic carbocycles. The van der Waals surface area contributed by atoms with Crippen LogP contribution in [0.1, 0.15) is 32.4 Å². The van der Waals surface area contributed by atoms with E-state index in [1.54, 1.807) is 0 Å². The molecule has 0 fully saturated rings. The maximum atomic E-state index is 13.0. The summed E-state index contributed by atoms with van der Waals surface area (Å²) in [5.41, 5.74) is 0.336. The highest BCUT2D eigenvalue weighted by atomic mass is 19.1. The fraction of sp³-hybridized carbons (Fsp3) is 0.417. The number of ether oxygens (including phenoxy) is 1. The molecule has 0 amide bonds. The number of rotatable bonds is 3. The fourth-order valence-corrected chi connectivity index (χ4v) is 1.51. The van der Waals surface area contributed by atoms with Gasteiger partial charge in [-0.05, 0) is 23.6 Å². The molecule has 0 aliphatic carbocycles. The van der Waals surface area contributed by atoms with Crippen molar-refractivity contribution < 1.29 is 18.3 Å². The van der Waals surface area contributed by atoms with Crippen LogP contribution in [0.15, 0.2) is 18.2 Å². The molecule has 0 bridgehead atoms. The number of hydrogen-bond donors (Lipinski definition) is 0. The van der Waals surface area contributed by atoms with Crippen LogP contribution in [0.25, 0.3) is 0 Å². The van der Waals surface area contributed by atoms with Gasteiger partial charge in [-0.15, -0.1) is 0 Å². The molecule has 0 spiro atoms. The molecule has 0 aliphatic heterocycles. The molecule has 0 N–H and O–H groups in total. The summed E-state index contributed by atoms with van der Waals surface area (Å²) in [6.45, 7) is 4.90. The maximum Gasteiger partial charge on any atom is 0.303 e. The minimum Gasteiger partial charge on any atom is -0.457 e. The van der Waals surface area contributed by atoms with Gasteiger partial charge in [0.05, 0.1) is 0 Å². The fourth-order valence-electron chi connectivity index (χ4n) is 1.51. The predicted octanol–water partition coefficient (Wildman–Crippen LogP) is 3.23. The number of carbonyl (C=O) groups is 1. The molecule has 1 atom stereocenters. The first-order valence-electron chi connectivity index (χ1n) is 5.03. The third kappa shape index (κ3) is 3.29. The zero-order chi connectivity index (χ0) is 12.3. The van der Waals surface area contributed by atoms with E-state index in [0.29, 0.717) is 5.56 Å². The van der Waals surface area contributed by atoms with Gasteiger partial charge in [0, 0.05) is 13.0 Å². The molecular weight excluding hydrogens is 214 g/mol. The average Bonchev–Trinajstić information content (AvgIpc) is 2.11. The smallest absolute Gasteiger partial charge is 0.303 e. The van der Waals surface area contributed by atoms with E-state index in [-0.39, 0.29) is 5.92 Å². The van der Waals surface area contributed by atoms with Crippen molar-refractivity contribution in [3.63, 3.8) is 0 Å². The number of esters is 1. The van der Waals surface area contributed by atoms with E-state index in [2.05, 4.69) is 0 Å². The van der Waals surface area contributed by atoms with Crippen LogP contribution >= 0.6 is 0 Å². The average molecular weight is 228 g/mol. The summed E-state index contributed by atoms with van der Waals surface area (Å²) in [6, 6.07) is 3.14. The lowest BCUT2D eigenvalue weighted by Crippen LogP contribution is -2.14. The van der Waals surface area contributed by atoms with E-state index < -0.39 is 23.7 Å². The monoisotopic (exact) mass is 228 g/mol. The normalized spacial score (nSPS) is 12.6. The lowest BCUT2D eigenvalue weighted by Gasteiger charge is -2.21. The number of hydrogen-bond acceptors (Lipinski definition) is 2. The van der Waals surface area contributed by atoms with E-state index in [1.165, 1.54) is 19.1 Å². The second-order valence-electron chi connectivity index (χ2n) is 3.98. The summed E-state index contributed by atoms with van der Waals surface area (Å²) in [5, 5.41) is 0. The van der Waals surface area contributed by atoms with Gasteiger partial charge in [0.25, 0.3) is 0 Å². The van der Waals surface area contributed by atoms with E-state index in [0.717, 1.165) is 6.07 Å². The quantitative estimate of drug-likeness (QED) is 0.742. The molecule has 1 unspecified atom stereocenters. The minimum absolute atomic E-state index is 0.0508. The lowest BCUT2D eigenvalue weighted by atomic mass is 9.98. The highest BCUT2D eigenvalue weighted by Gasteiger charge is 2.20. The van der Waals surface area contributed by atoms with Crippen LogP contribution in [0.4, 0.5) is 8.78 Å². The highest BCUT2D eigenvalue weighted by molar-refractivity contribution is 5.66. The second kappa shape index (κ2) is 5.05. The molecular formula is C12H14F2O2. The summed E-state index contributed by atoms with van der Waals surface area (Å²) < 4.78 is 31.1. The standard InChI is InChI=1S/C12H14F2O2/c1-7(2)12(16-8(3)15)9-4-10(13)6-11(14)5-9/h4-7,12H,1-3H3. The van der Waals surface area contributed by atoms with Crippen molar-refractivity contribution in [2.24, 2.45) is 5.92 Å². The van der Waals surface area contributed by atoms with Crippen LogP contribution in [0.5, 0.6) is 0 Å². The van der Waals surface area contributed by atoms with Gasteiger partial charge in [-0.3, -0.25) is 4.79 Å².